The summed E-state index contributed by atoms with van der Waals surface area (Å²) in [7, 11) is 0. The van der Waals surface area contributed by atoms with E-state index in [1.54, 1.807) is 24.3 Å². The summed E-state index contributed by atoms with van der Waals surface area (Å²) in [5.41, 5.74) is -0.200. The molecule has 1 saturated heterocycles. The first-order chi connectivity index (χ1) is 17.2. The number of non-ortho nitro benzene ring substituents is 1. The number of aliphatic carboxylic acids is 1. The number of hydrogen-bond acceptors (Lipinski definition) is 8. The molecule has 2 aliphatic heterocycles. The maximum absolute atomic E-state index is 12.8. The number of amides is 2. The molecule has 0 aromatic heterocycles. The van der Waals surface area contributed by atoms with Crippen LogP contribution in [-0.2, 0) is 20.8 Å². The normalized spacial score (nSPS) is 19.0. The smallest absolute Gasteiger partial charge is 0.352 e. The summed E-state index contributed by atoms with van der Waals surface area (Å²) in [6.07, 6.45) is 2.70. The molecule has 0 saturated carbocycles. The van der Waals surface area contributed by atoms with Crippen molar-refractivity contribution < 1.29 is 29.3 Å². The zero-order valence-electron chi connectivity index (χ0n) is 18.4. The first-order valence-electron chi connectivity index (χ1n) is 10.5. The van der Waals surface area contributed by atoms with Crippen LogP contribution in [0.1, 0.15) is 11.1 Å². The van der Waals surface area contributed by atoms with Crippen molar-refractivity contribution >= 4 is 47.0 Å². The number of thioether (sulfide) groups is 1. The molecular formula is C23H18N4O8S. The number of carbonyl (C=O) groups is 3. The van der Waals surface area contributed by atoms with Crippen LogP contribution in [-0.4, -0.2) is 54.8 Å². The Morgan fingerprint density at radius 2 is 1.83 bits per heavy atom. The SMILES string of the molecule is O=C(Cc1ccccc1)N[C@H]1C(=O)N2C(C(=O)O)=C(/C=C/c3ccc([N+](=O)[O-])cc3[N+](=O)[O-])CS[C@@H]12. The van der Waals surface area contributed by atoms with E-state index in [0.29, 0.717) is 0 Å². The van der Waals surface area contributed by atoms with Gasteiger partial charge in [0.25, 0.3) is 17.3 Å². The van der Waals surface area contributed by atoms with Gasteiger partial charge in [-0.3, -0.25) is 34.7 Å². The van der Waals surface area contributed by atoms with Crippen molar-refractivity contribution in [3.63, 3.8) is 0 Å². The fraction of sp³-hybridized carbons (Fsp3) is 0.174. The summed E-state index contributed by atoms with van der Waals surface area (Å²) in [4.78, 5) is 59.0. The summed E-state index contributed by atoms with van der Waals surface area (Å²) >= 11 is 1.25. The number of hydrogen-bond donors (Lipinski definition) is 2. The number of rotatable bonds is 8. The van der Waals surface area contributed by atoms with Crippen LogP contribution in [0.25, 0.3) is 6.08 Å². The zero-order valence-corrected chi connectivity index (χ0v) is 19.2. The molecular weight excluding hydrogens is 492 g/mol. The van der Waals surface area contributed by atoms with Crippen molar-refractivity contribution in [2.45, 2.75) is 17.8 Å². The van der Waals surface area contributed by atoms with Gasteiger partial charge >= 0.3 is 5.97 Å². The number of nitro groups is 2. The quantitative estimate of drug-likeness (QED) is 0.307. The number of carboxylic acid groups (broad SMARTS) is 1. The summed E-state index contributed by atoms with van der Waals surface area (Å²) in [5.74, 6) is -2.13. The van der Waals surface area contributed by atoms with Crippen LogP contribution in [0.5, 0.6) is 0 Å². The minimum Gasteiger partial charge on any atom is -0.477 e. The lowest BCUT2D eigenvalue weighted by molar-refractivity contribution is -0.394. The molecule has 2 amide bonds. The van der Waals surface area contributed by atoms with Crippen LogP contribution in [0.15, 0.2) is 65.9 Å². The van der Waals surface area contributed by atoms with E-state index < -0.39 is 44.5 Å². The van der Waals surface area contributed by atoms with E-state index in [1.807, 2.05) is 6.07 Å². The number of fused-ring (bicyclic) bond motifs is 1. The van der Waals surface area contributed by atoms with E-state index in [-0.39, 0.29) is 34.9 Å². The second-order valence-corrected chi connectivity index (χ2v) is 8.99. The molecule has 2 atom stereocenters. The maximum atomic E-state index is 12.8. The molecule has 0 bridgehead atoms. The molecule has 0 spiro atoms. The van der Waals surface area contributed by atoms with Crippen LogP contribution in [0.4, 0.5) is 11.4 Å². The molecule has 184 valence electrons. The average Bonchev–Trinajstić information content (AvgIpc) is 2.85. The number of nitrogens with zero attached hydrogens (tertiary/aromatic N) is 3. The minimum atomic E-state index is -1.36. The Balaban J connectivity index is 1.54. The Morgan fingerprint density at radius 1 is 1.11 bits per heavy atom. The molecule has 13 heteroatoms. The number of carboxylic acids is 1. The van der Waals surface area contributed by atoms with Crippen molar-refractivity contribution in [3.05, 3.63) is 97.2 Å². The average molecular weight is 510 g/mol. The number of nitro benzene ring substituents is 2. The monoisotopic (exact) mass is 510 g/mol. The third-order valence-corrected chi connectivity index (χ3v) is 6.91. The maximum Gasteiger partial charge on any atom is 0.352 e. The van der Waals surface area contributed by atoms with Gasteiger partial charge in [0, 0.05) is 11.8 Å². The summed E-state index contributed by atoms with van der Waals surface area (Å²) in [5, 5.41) is 34.1. The van der Waals surface area contributed by atoms with Gasteiger partial charge < -0.3 is 10.4 Å². The van der Waals surface area contributed by atoms with Crippen molar-refractivity contribution in [2.75, 3.05) is 5.75 Å². The summed E-state index contributed by atoms with van der Waals surface area (Å²) in [6.45, 7) is 0. The second-order valence-electron chi connectivity index (χ2n) is 7.89. The summed E-state index contributed by atoms with van der Waals surface area (Å²) in [6, 6.07) is 11.2. The third-order valence-electron chi connectivity index (χ3n) is 5.61. The Morgan fingerprint density at radius 3 is 2.47 bits per heavy atom. The molecule has 4 rings (SSSR count). The molecule has 2 aliphatic rings. The number of allylic oxidation sites excluding steroid dienone is 1. The molecule has 1 fully saturated rings. The van der Waals surface area contributed by atoms with Gasteiger partial charge in [-0.25, -0.2) is 4.79 Å². The highest BCUT2D eigenvalue weighted by Crippen LogP contribution is 2.41. The van der Waals surface area contributed by atoms with Crippen molar-refractivity contribution in [1.29, 1.82) is 0 Å². The fourth-order valence-corrected chi connectivity index (χ4v) is 5.23. The van der Waals surface area contributed by atoms with Gasteiger partial charge in [-0.2, -0.15) is 0 Å². The Hall–Kier alpha value is -4.52. The number of nitrogens with one attached hydrogen (secondary N) is 1. The van der Waals surface area contributed by atoms with Crippen molar-refractivity contribution in [2.24, 2.45) is 0 Å². The minimum absolute atomic E-state index is 0.0379. The summed E-state index contributed by atoms with van der Waals surface area (Å²) < 4.78 is 0. The lowest BCUT2D eigenvalue weighted by atomic mass is 10.0. The number of benzene rings is 2. The van der Waals surface area contributed by atoms with Crippen LogP contribution < -0.4 is 5.32 Å². The number of β-lactam (4-membered cyclic amide) rings is 1. The van der Waals surface area contributed by atoms with E-state index in [0.717, 1.165) is 22.6 Å². The van der Waals surface area contributed by atoms with Gasteiger partial charge in [0.05, 0.1) is 27.9 Å². The predicted octanol–water partition coefficient (Wildman–Crippen LogP) is 2.50. The van der Waals surface area contributed by atoms with Gasteiger partial charge in [-0.1, -0.05) is 36.4 Å². The Labute approximate surface area is 207 Å². The topological polar surface area (TPSA) is 173 Å². The largest absolute Gasteiger partial charge is 0.477 e. The standard InChI is InChI=1S/C23H18N4O8S/c28-18(10-13-4-2-1-3-5-13)24-19-21(29)25-20(23(30)31)15(12-36-22(19)25)7-6-14-8-9-16(26(32)33)11-17(14)27(34)35/h1-9,11,19,22H,10,12H2,(H,24,28)(H,30,31)/b7-6+/t19-,22-/m0/s1. The van der Waals surface area contributed by atoms with Crippen LogP contribution in [0, 0.1) is 20.2 Å². The molecule has 0 aliphatic carbocycles. The predicted molar refractivity (Wildman–Crippen MR) is 129 cm³/mol. The zero-order chi connectivity index (χ0) is 26.0. The van der Waals surface area contributed by atoms with E-state index in [4.69, 9.17) is 0 Å². The van der Waals surface area contributed by atoms with Gasteiger partial charge in [0.1, 0.15) is 17.1 Å². The molecule has 0 unspecified atom stereocenters. The van der Waals surface area contributed by atoms with Crippen molar-refractivity contribution in [1.82, 2.24) is 10.2 Å². The van der Waals surface area contributed by atoms with E-state index in [1.165, 1.54) is 30.0 Å². The molecule has 2 heterocycles. The molecule has 2 N–H and O–H groups in total. The van der Waals surface area contributed by atoms with Gasteiger partial charge in [0.15, 0.2) is 0 Å². The molecule has 2 aromatic rings. The van der Waals surface area contributed by atoms with Gasteiger partial charge in [-0.15, -0.1) is 11.8 Å². The lowest BCUT2D eigenvalue weighted by Crippen LogP contribution is -2.70. The van der Waals surface area contributed by atoms with Gasteiger partial charge in [0.2, 0.25) is 5.91 Å². The highest BCUT2D eigenvalue weighted by molar-refractivity contribution is 8.00. The van der Waals surface area contributed by atoms with Crippen LogP contribution >= 0.6 is 11.8 Å². The fourth-order valence-electron chi connectivity index (χ4n) is 3.91. The van der Waals surface area contributed by atoms with E-state index in [2.05, 4.69) is 5.32 Å². The van der Waals surface area contributed by atoms with Crippen LogP contribution in [0.2, 0.25) is 0 Å². The molecule has 36 heavy (non-hydrogen) atoms. The molecule has 12 nitrogen and oxygen atoms in total. The molecule has 2 aromatic carbocycles. The van der Waals surface area contributed by atoms with Crippen LogP contribution in [0.3, 0.4) is 0 Å². The third kappa shape index (κ3) is 4.81. The lowest BCUT2D eigenvalue weighted by Gasteiger charge is -2.49. The first-order valence-corrected chi connectivity index (χ1v) is 11.6. The number of carbonyl (C=O) groups excluding carboxylic acids is 2. The Bertz CT molecular complexity index is 1340. The second kappa shape index (κ2) is 10.00. The highest BCUT2D eigenvalue weighted by Gasteiger charge is 2.53. The highest BCUT2D eigenvalue weighted by atomic mass is 32.2. The molecule has 0 radical (unpaired) electrons. The van der Waals surface area contributed by atoms with Crippen molar-refractivity contribution in [3.8, 4) is 0 Å². The van der Waals surface area contributed by atoms with E-state index in [9.17, 15) is 39.7 Å². The van der Waals surface area contributed by atoms with E-state index >= 15 is 0 Å². The first kappa shape index (κ1) is 24.6. The van der Waals surface area contributed by atoms with Gasteiger partial charge in [-0.05, 0) is 23.3 Å². The Kier molecular flexibility index (Phi) is 6.83.